The second-order valence-electron chi connectivity index (χ2n) is 6.98. The van der Waals surface area contributed by atoms with E-state index in [-0.39, 0.29) is 11.9 Å². The molecule has 4 rings (SSSR count). The van der Waals surface area contributed by atoms with Crippen LogP contribution in [0.3, 0.4) is 0 Å². The molecule has 4 N–H and O–H groups in total. The lowest BCUT2D eigenvalue weighted by Crippen LogP contribution is -2.30. The lowest BCUT2D eigenvalue weighted by molar-refractivity contribution is -0.116. The summed E-state index contributed by atoms with van der Waals surface area (Å²) in [6.45, 7) is 3.05. The number of H-pyrrole nitrogens is 1. The molecule has 0 fully saturated rings. The molecular weight excluding hydrogens is 368 g/mol. The minimum Gasteiger partial charge on any atom is -0.493 e. The molecule has 7 nitrogen and oxygen atoms in total. The number of amides is 3. The molecule has 0 saturated heterocycles. The first-order chi connectivity index (χ1) is 14.1. The first kappa shape index (κ1) is 18.9. The molecule has 7 heteroatoms. The second kappa shape index (κ2) is 8.26. The highest BCUT2D eigenvalue weighted by Crippen LogP contribution is 2.29. The Labute approximate surface area is 168 Å². The van der Waals surface area contributed by atoms with Gasteiger partial charge < -0.3 is 25.7 Å². The van der Waals surface area contributed by atoms with Crippen molar-refractivity contribution in [2.45, 2.75) is 26.2 Å². The summed E-state index contributed by atoms with van der Waals surface area (Å²) in [6.07, 6.45) is 3.86. The lowest BCUT2D eigenvalue weighted by atomic mass is 10.0. The number of nitrogens with one attached hydrogen (secondary N) is 4. The molecule has 1 aliphatic rings. The van der Waals surface area contributed by atoms with Crippen molar-refractivity contribution in [3.05, 3.63) is 53.7 Å². The molecule has 0 saturated carbocycles. The largest absolute Gasteiger partial charge is 0.493 e. The van der Waals surface area contributed by atoms with Gasteiger partial charge in [-0.25, -0.2) is 4.79 Å². The smallest absolute Gasteiger partial charge is 0.319 e. The van der Waals surface area contributed by atoms with Crippen LogP contribution in [-0.2, 0) is 17.6 Å². The number of rotatable bonds is 6. The molecule has 3 amide bonds. The standard InChI is InChI=1S/C22H24N4O3/c1-2-29-19-5-3-4-17-21(19)15(13-24-17)10-11-23-22(28)25-16-8-6-14-7-9-20(27)26-18(14)12-16/h3-6,8,12-13,24H,2,7,9-11H2,1H3,(H,26,27)(H2,23,25,28). The van der Waals surface area contributed by atoms with Crippen LogP contribution in [0.4, 0.5) is 16.2 Å². The van der Waals surface area contributed by atoms with E-state index in [1.807, 2.05) is 43.5 Å². The number of carbonyl (C=O) groups excluding carboxylic acids is 2. The second-order valence-corrected chi connectivity index (χ2v) is 6.98. The van der Waals surface area contributed by atoms with Crippen molar-refractivity contribution < 1.29 is 14.3 Å². The van der Waals surface area contributed by atoms with Gasteiger partial charge in [-0.15, -0.1) is 0 Å². The summed E-state index contributed by atoms with van der Waals surface area (Å²) in [5.74, 6) is 0.853. The van der Waals surface area contributed by atoms with Crippen LogP contribution in [-0.4, -0.2) is 30.1 Å². The molecule has 3 aromatic rings. The van der Waals surface area contributed by atoms with Gasteiger partial charge in [-0.2, -0.15) is 0 Å². The zero-order chi connectivity index (χ0) is 20.2. The molecule has 1 aromatic heterocycles. The Hall–Kier alpha value is -3.48. The molecular formula is C22H24N4O3. The minimum absolute atomic E-state index is 0.00394. The third-order valence-corrected chi connectivity index (χ3v) is 4.99. The molecule has 150 valence electrons. The average molecular weight is 392 g/mol. The SMILES string of the molecule is CCOc1cccc2[nH]cc(CCNC(=O)Nc3ccc4c(c3)NC(=O)CC4)c12. The van der Waals surface area contributed by atoms with Crippen LogP contribution in [0.15, 0.2) is 42.6 Å². The molecule has 0 spiro atoms. The monoisotopic (exact) mass is 392 g/mol. The molecule has 0 bridgehead atoms. The van der Waals surface area contributed by atoms with E-state index in [1.54, 1.807) is 6.07 Å². The molecule has 0 unspecified atom stereocenters. The van der Waals surface area contributed by atoms with Crippen molar-refractivity contribution in [1.82, 2.24) is 10.3 Å². The van der Waals surface area contributed by atoms with Crippen LogP contribution in [0, 0.1) is 0 Å². The maximum atomic E-state index is 12.3. The Morgan fingerprint density at radius 3 is 2.97 bits per heavy atom. The normalized spacial score (nSPS) is 12.9. The Balaban J connectivity index is 1.36. The van der Waals surface area contributed by atoms with Crippen LogP contribution in [0.25, 0.3) is 10.9 Å². The van der Waals surface area contributed by atoms with Crippen LogP contribution in [0.2, 0.25) is 0 Å². The van der Waals surface area contributed by atoms with E-state index in [2.05, 4.69) is 20.9 Å². The zero-order valence-electron chi connectivity index (χ0n) is 16.3. The third-order valence-electron chi connectivity index (χ3n) is 4.99. The van der Waals surface area contributed by atoms with Gasteiger partial charge >= 0.3 is 6.03 Å². The van der Waals surface area contributed by atoms with E-state index in [9.17, 15) is 9.59 Å². The van der Waals surface area contributed by atoms with Gasteiger partial charge in [-0.05, 0) is 55.2 Å². The van der Waals surface area contributed by atoms with Crippen molar-refractivity contribution in [1.29, 1.82) is 0 Å². The fourth-order valence-electron chi connectivity index (χ4n) is 3.63. The Morgan fingerprint density at radius 2 is 2.10 bits per heavy atom. The molecule has 29 heavy (non-hydrogen) atoms. The zero-order valence-corrected chi connectivity index (χ0v) is 16.3. The van der Waals surface area contributed by atoms with Gasteiger partial charge in [-0.1, -0.05) is 12.1 Å². The highest BCUT2D eigenvalue weighted by Gasteiger charge is 2.15. The van der Waals surface area contributed by atoms with E-state index < -0.39 is 0 Å². The molecule has 2 heterocycles. The topological polar surface area (TPSA) is 95.2 Å². The summed E-state index contributed by atoms with van der Waals surface area (Å²) >= 11 is 0. The average Bonchev–Trinajstić information content (AvgIpc) is 3.12. The van der Waals surface area contributed by atoms with E-state index in [0.29, 0.717) is 31.7 Å². The highest BCUT2D eigenvalue weighted by molar-refractivity contribution is 5.96. The fraction of sp³-hybridized carbons (Fsp3) is 0.273. The fourth-order valence-corrected chi connectivity index (χ4v) is 3.63. The van der Waals surface area contributed by atoms with Crippen molar-refractivity contribution in [2.75, 3.05) is 23.8 Å². The molecule has 0 atom stereocenters. The van der Waals surface area contributed by atoms with Crippen molar-refractivity contribution >= 4 is 34.2 Å². The van der Waals surface area contributed by atoms with Gasteiger partial charge in [0.15, 0.2) is 0 Å². The minimum atomic E-state index is -0.281. The van der Waals surface area contributed by atoms with Crippen LogP contribution < -0.4 is 20.7 Å². The number of fused-ring (bicyclic) bond motifs is 2. The number of aromatic amines is 1. The molecule has 0 radical (unpaired) electrons. The number of anilines is 2. The Kier molecular flexibility index (Phi) is 5.37. The summed E-state index contributed by atoms with van der Waals surface area (Å²) in [7, 11) is 0. The van der Waals surface area contributed by atoms with Crippen molar-refractivity contribution in [3.8, 4) is 5.75 Å². The number of hydrogen-bond donors (Lipinski definition) is 4. The lowest BCUT2D eigenvalue weighted by Gasteiger charge is -2.18. The van der Waals surface area contributed by atoms with Gasteiger partial charge in [0.05, 0.1) is 6.61 Å². The summed E-state index contributed by atoms with van der Waals surface area (Å²) < 4.78 is 5.73. The first-order valence-corrected chi connectivity index (χ1v) is 9.83. The molecule has 1 aliphatic heterocycles. The van der Waals surface area contributed by atoms with Gasteiger partial charge in [0.1, 0.15) is 5.75 Å². The molecule has 0 aliphatic carbocycles. The van der Waals surface area contributed by atoms with Gasteiger partial charge in [-0.3, -0.25) is 4.79 Å². The van der Waals surface area contributed by atoms with Crippen molar-refractivity contribution in [2.24, 2.45) is 0 Å². The van der Waals surface area contributed by atoms with Gasteiger partial charge in [0.25, 0.3) is 0 Å². The Morgan fingerprint density at radius 1 is 1.21 bits per heavy atom. The number of urea groups is 1. The van der Waals surface area contributed by atoms with E-state index in [0.717, 1.165) is 39.9 Å². The molecule has 2 aromatic carbocycles. The predicted octanol–water partition coefficient (Wildman–Crippen LogP) is 3.82. The van der Waals surface area contributed by atoms with Crippen LogP contribution in [0.1, 0.15) is 24.5 Å². The highest BCUT2D eigenvalue weighted by atomic mass is 16.5. The van der Waals surface area contributed by atoms with Gasteiger partial charge in [0, 0.05) is 41.4 Å². The van der Waals surface area contributed by atoms with Crippen LogP contribution >= 0.6 is 0 Å². The Bertz CT molecular complexity index is 1060. The number of aryl methyl sites for hydroxylation is 1. The predicted molar refractivity (Wildman–Crippen MR) is 114 cm³/mol. The first-order valence-electron chi connectivity index (χ1n) is 9.83. The number of aromatic nitrogens is 1. The third kappa shape index (κ3) is 4.18. The van der Waals surface area contributed by atoms with Crippen molar-refractivity contribution in [3.63, 3.8) is 0 Å². The maximum Gasteiger partial charge on any atom is 0.319 e. The van der Waals surface area contributed by atoms with Crippen LogP contribution in [0.5, 0.6) is 5.75 Å². The summed E-state index contributed by atoms with van der Waals surface area (Å²) in [4.78, 5) is 27.1. The van der Waals surface area contributed by atoms with E-state index in [1.165, 1.54) is 0 Å². The summed E-state index contributed by atoms with van der Waals surface area (Å²) in [5, 5.41) is 9.60. The summed E-state index contributed by atoms with van der Waals surface area (Å²) in [6, 6.07) is 11.2. The van der Waals surface area contributed by atoms with Gasteiger partial charge in [0.2, 0.25) is 5.91 Å². The maximum absolute atomic E-state index is 12.3. The number of benzene rings is 2. The number of hydrogen-bond acceptors (Lipinski definition) is 3. The van der Waals surface area contributed by atoms with E-state index >= 15 is 0 Å². The number of ether oxygens (including phenoxy) is 1. The quantitative estimate of drug-likeness (QED) is 0.514. The van der Waals surface area contributed by atoms with E-state index in [4.69, 9.17) is 4.74 Å². The summed E-state index contributed by atoms with van der Waals surface area (Å²) in [5.41, 5.74) is 4.61. The number of carbonyl (C=O) groups is 2.